The molecule has 3 N–H and O–H groups in total. The second kappa shape index (κ2) is 60.0. The number of hydrogen-bond acceptors (Lipinski definition) is 15. The van der Waals surface area contributed by atoms with Crippen LogP contribution in [0.2, 0.25) is 0 Å². The molecule has 0 saturated carbocycles. The molecule has 5 atom stereocenters. The number of aliphatic hydroxyl groups excluding tert-OH is 1. The fourth-order valence-electron chi connectivity index (χ4n) is 10.4. The van der Waals surface area contributed by atoms with Gasteiger partial charge in [-0.25, -0.2) is 9.13 Å². The predicted octanol–water partition coefficient (Wildman–Crippen LogP) is 19.5. The molecule has 19 heteroatoms. The fourth-order valence-corrected chi connectivity index (χ4v) is 11.9. The van der Waals surface area contributed by atoms with Gasteiger partial charge in [-0.15, -0.1) is 0 Å². The van der Waals surface area contributed by atoms with Gasteiger partial charge >= 0.3 is 39.5 Å². The first-order valence-electron chi connectivity index (χ1n) is 35.8. The van der Waals surface area contributed by atoms with Crippen LogP contribution in [0.3, 0.4) is 0 Å². The van der Waals surface area contributed by atoms with Gasteiger partial charge in [-0.05, 0) is 43.4 Å². The van der Waals surface area contributed by atoms with E-state index in [1.807, 2.05) is 0 Å². The first-order valence-corrected chi connectivity index (χ1v) is 38.8. The first kappa shape index (κ1) is 86.1. The summed E-state index contributed by atoms with van der Waals surface area (Å²) in [5, 5.41) is 10.6. The summed E-state index contributed by atoms with van der Waals surface area (Å²) in [4.78, 5) is 72.4. The molecule has 0 spiro atoms. The summed E-state index contributed by atoms with van der Waals surface area (Å²) in [5.74, 6) is 0.0108. The minimum atomic E-state index is -4.95. The lowest BCUT2D eigenvalue weighted by molar-refractivity contribution is -0.161. The molecule has 88 heavy (non-hydrogen) atoms. The Morgan fingerprint density at radius 3 is 0.773 bits per heavy atom. The molecule has 0 fully saturated rings. The maximum atomic E-state index is 13.0. The van der Waals surface area contributed by atoms with Crippen LogP contribution in [0.1, 0.15) is 344 Å². The molecule has 0 bridgehead atoms. The van der Waals surface area contributed by atoms with Gasteiger partial charge in [0.25, 0.3) is 0 Å². The van der Waals surface area contributed by atoms with Crippen LogP contribution in [0, 0.1) is 17.8 Å². The van der Waals surface area contributed by atoms with Crippen LogP contribution >= 0.6 is 15.6 Å². The third-order valence-electron chi connectivity index (χ3n) is 15.9. The zero-order valence-corrected chi connectivity index (χ0v) is 59.0. The molecule has 522 valence electrons. The van der Waals surface area contributed by atoms with Crippen LogP contribution in [0.15, 0.2) is 0 Å². The molecule has 0 aromatic carbocycles. The van der Waals surface area contributed by atoms with Gasteiger partial charge in [0.2, 0.25) is 0 Å². The highest BCUT2D eigenvalue weighted by Crippen LogP contribution is 2.45. The van der Waals surface area contributed by atoms with Crippen molar-refractivity contribution < 1.29 is 80.2 Å². The summed E-state index contributed by atoms with van der Waals surface area (Å²) in [6.45, 7) is 11.7. The van der Waals surface area contributed by atoms with E-state index in [-0.39, 0.29) is 25.7 Å². The minimum Gasteiger partial charge on any atom is -0.462 e. The standard InChI is InChI=1S/C69H134O17P2/c1-8-9-10-11-12-13-14-17-21-24-27-36-43-50-66(71)79-56-64(85-68(73)52-45-38-28-25-22-19-16-15-18-20-23-26-33-40-47-60(2)3)58-83-87(75,76)81-54-63(70)55-82-88(77,78)84-59-65(86-69(74)53-46-39-32-30-35-42-49-62(6)7)57-80-67(72)51-44-37-31-29-34-41-48-61(4)5/h60-65,70H,8-59H2,1-7H3,(H,75,76)(H,77,78)/t63-,64-,65-/m1/s1. The first-order chi connectivity index (χ1) is 42.2. The number of carbonyl (C=O) groups excluding carboxylic acids is 4. The second-order valence-electron chi connectivity index (χ2n) is 26.3. The topological polar surface area (TPSA) is 237 Å². The van der Waals surface area contributed by atoms with Crippen molar-refractivity contribution >= 4 is 39.5 Å². The van der Waals surface area contributed by atoms with Crippen LogP contribution in [0.4, 0.5) is 0 Å². The number of hydrogen-bond donors (Lipinski definition) is 3. The van der Waals surface area contributed by atoms with Crippen LogP contribution < -0.4 is 0 Å². The average molecular weight is 1300 g/mol. The van der Waals surface area contributed by atoms with Gasteiger partial charge < -0.3 is 33.8 Å². The van der Waals surface area contributed by atoms with Crippen molar-refractivity contribution in [1.82, 2.24) is 0 Å². The van der Waals surface area contributed by atoms with Gasteiger partial charge in [0, 0.05) is 25.7 Å². The van der Waals surface area contributed by atoms with E-state index in [1.165, 1.54) is 148 Å². The molecule has 0 aliphatic carbocycles. The number of unbranched alkanes of at least 4 members (excludes halogenated alkanes) is 35. The Bertz CT molecular complexity index is 1730. The smallest absolute Gasteiger partial charge is 0.462 e. The number of phosphoric acid groups is 2. The Morgan fingerprint density at radius 1 is 0.307 bits per heavy atom. The van der Waals surface area contributed by atoms with Crippen LogP contribution in [-0.4, -0.2) is 96.7 Å². The van der Waals surface area contributed by atoms with Gasteiger partial charge in [0.15, 0.2) is 12.2 Å². The van der Waals surface area contributed by atoms with E-state index in [0.29, 0.717) is 37.5 Å². The lowest BCUT2D eigenvalue weighted by atomic mass is 10.0. The Hall–Kier alpha value is -1.94. The third-order valence-corrected chi connectivity index (χ3v) is 17.8. The van der Waals surface area contributed by atoms with E-state index in [1.54, 1.807) is 0 Å². The summed E-state index contributed by atoms with van der Waals surface area (Å²) in [5.41, 5.74) is 0. The predicted molar refractivity (Wildman–Crippen MR) is 354 cm³/mol. The number of rotatable bonds is 67. The van der Waals surface area contributed by atoms with Crippen molar-refractivity contribution in [3.05, 3.63) is 0 Å². The fraction of sp³-hybridized carbons (Fsp3) is 0.942. The molecule has 0 heterocycles. The van der Waals surface area contributed by atoms with E-state index in [0.717, 1.165) is 102 Å². The highest BCUT2D eigenvalue weighted by Gasteiger charge is 2.30. The number of ether oxygens (including phenoxy) is 4. The lowest BCUT2D eigenvalue weighted by Crippen LogP contribution is -2.30. The maximum absolute atomic E-state index is 13.0. The molecule has 0 aromatic heterocycles. The van der Waals surface area contributed by atoms with Crippen molar-refractivity contribution in [3.8, 4) is 0 Å². The van der Waals surface area contributed by atoms with Crippen molar-refractivity contribution in [2.45, 2.75) is 362 Å². The molecule has 17 nitrogen and oxygen atoms in total. The van der Waals surface area contributed by atoms with E-state index in [4.69, 9.17) is 37.0 Å². The number of carbonyl (C=O) groups is 4. The Balaban J connectivity index is 5.22. The number of aliphatic hydroxyl groups is 1. The minimum absolute atomic E-state index is 0.101. The SMILES string of the molecule is CCCCCCCCCCCCCCCC(=O)OC[C@H](COP(=O)(O)OC[C@@H](O)COP(=O)(O)OC[C@@H](COC(=O)CCCCCCCCC(C)C)OC(=O)CCCCCCCCC(C)C)OC(=O)CCCCCCCCCCCCCCCCC(C)C. The van der Waals surface area contributed by atoms with Crippen molar-refractivity contribution in [2.75, 3.05) is 39.6 Å². The normalized spacial score (nSPS) is 14.2. The Morgan fingerprint density at radius 2 is 0.523 bits per heavy atom. The highest BCUT2D eigenvalue weighted by atomic mass is 31.2. The lowest BCUT2D eigenvalue weighted by Gasteiger charge is -2.21. The van der Waals surface area contributed by atoms with Crippen LogP contribution in [0.5, 0.6) is 0 Å². The molecule has 2 unspecified atom stereocenters. The summed E-state index contributed by atoms with van der Waals surface area (Å²) in [7, 11) is -9.90. The summed E-state index contributed by atoms with van der Waals surface area (Å²) in [6.07, 6.45) is 43.4. The largest absolute Gasteiger partial charge is 0.472 e. The molecule has 0 aliphatic heterocycles. The quantitative estimate of drug-likeness (QED) is 0.0222. The van der Waals surface area contributed by atoms with Gasteiger partial charge in [-0.3, -0.25) is 37.3 Å². The van der Waals surface area contributed by atoms with Crippen molar-refractivity contribution in [1.29, 1.82) is 0 Å². The Kier molecular flexibility index (Phi) is 58.7. The van der Waals surface area contributed by atoms with Gasteiger partial charge in [-0.1, -0.05) is 292 Å². The highest BCUT2D eigenvalue weighted by molar-refractivity contribution is 7.47. The van der Waals surface area contributed by atoms with E-state index < -0.39 is 97.5 Å². The average Bonchev–Trinajstić information content (AvgIpc) is 3.37. The van der Waals surface area contributed by atoms with Gasteiger partial charge in [-0.2, -0.15) is 0 Å². The summed E-state index contributed by atoms with van der Waals surface area (Å²) >= 11 is 0. The number of esters is 4. The second-order valence-corrected chi connectivity index (χ2v) is 29.3. The Labute approximate surface area is 537 Å². The van der Waals surface area contributed by atoms with Crippen LogP contribution in [0.25, 0.3) is 0 Å². The molecule has 0 aromatic rings. The van der Waals surface area contributed by atoms with E-state index in [9.17, 15) is 43.2 Å². The molecule has 0 radical (unpaired) electrons. The van der Waals surface area contributed by atoms with E-state index >= 15 is 0 Å². The molecular weight excluding hydrogens is 1160 g/mol. The maximum Gasteiger partial charge on any atom is 0.472 e. The summed E-state index contributed by atoms with van der Waals surface area (Å²) in [6, 6.07) is 0. The van der Waals surface area contributed by atoms with E-state index in [2.05, 4.69) is 48.5 Å². The monoisotopic (exact) mass is 1300 g/mol. The van der Waals surface area contributed by atoms with Crippen molar-refractivity contribution in [3.63, 3.8) is 0 Å². The molecule has 0 saturated heterocycles. The molecule has 0 aliphatic rings. The van der Waals surface area contributed by atoms with Gasteiger partial charge in [0.1, 0.15) is 19.3 Å². The zero-order valence-electron chi connectivity index (χ0n) is 57.2. The zero-order chi connectivity index (χ0) is 65.2. The number of phosphoric ester groups is 2. The van der Waals surface area contributed by atoms with Crippen LogP contribution in [-0.2, 0) is 65.4 Å². The molecule has 0 rings (SSSR count). The molecule has 0 amide bonds. The third kappa shape index (κ3) is 62.8. The van der Waals surface area contributed by atoms with Crippen molar-refractivity contribution in [2.24, 2.45) is 17.8 Å². The molecular formula is C69H134O17P2. The van der Waals surface area contributed by atoms with Gasteiger partial charge in [0.05, 0.1) is 26.4 Å². The summed E-state index contributed by atoms with van der Waals surface area (Å²) < 4.78 is 68.2.